The molecule has 2 aromatic carbocycles. The number of pyridine rings is 1. The van der Waals surface area contributed by atoms with Crippen molar-refractivity contribution in [2.24, 2.45) is 0 Å². The Hall–Kier alpha value is -3.55. The van der Waals surface area contributed by atoms with Crippen LogP contribution in [0.3, 0.4) is 0 Å². The zero-order chi connectivity index (χ0) is 20.3. The fourth-order valence-corrected chi connectivity index (χ4v) is 3.81. The lowest BCUT2D eigenvalue weighted by Crippen LogP contribution is -2.44. The third-order valence-corrected chi connectivity index (χ3v) is 5.37. The summed E-state index contributed by atoms with van der Waals surface area (Å²) < 4.78 is 0. The highest BCUT2D eigenvalue weighted by Gasteiger charge is 2.32. The van der Waals surface area contributed by atoms with Crippen molar-refractivity contribution in [3.05, 3.63) is 96.1 Å². The molecule has 1 fully saturated rings. The Balaban J connectivity index is 1.38. The summed E-state index contributed by atoms with van der Waals surface area (Å²) in [5, 5.41) is 3.17. The lowest BCUT2D eigenvalue weighted by atomic mass is 10.0. The number of hydrazine groups is 1. The molecule has 7 nitrogen and oxygen atoms in total. The van der Waals surface area contributed by atoms with Gasteiger partial charge in [0, 0.05) is 6.20 Å². The number of benzene rings is 2. The molecule has 0 aliphatic carbocycles. The van der Waals surface area contributed by atoms with E-state index in [-0.39, 0.29) is 24.0 Å². The minimum atomic E-state index is -0.373. The molecule has 5 rings (SSSR count). The topological polar surface area (TPSA) is 94.7 Å². The van der Waals surface area contributed by atoms with E-state index < -0.39 is 0 Å². The molecule has 4 N–H and O–H groups in total. The molecule has 1 amide bonds. The maximum Gasteiger partial charge on any atom is 0.239 e. The molecule has 7 heteroatoms. The first-order valence-corrected chi connectivity index (χ1v) is 10.00. The molecule has 0 radical (unpaired) electrons. The number of carbonyl (C=O) groups excluding carboxylic acids is 1. The zero-order valence-electron chi connectivity index (χ0n) is 16.2. The van der Waals surface area contributed by atoms with E-state index in [9.17, 15) is 4.79 Å². The summed E-state index contributed by atoms with van der Waals surface area (Å²) in [5.74, 6) is 0.623. The molecule has 2 aromatic heterocycles. The molecule has 0 spiro atoms. The number of fused-ring (bicyclic) bond motifs is 1. The Morgan fingerprint density at radius 1 is 0.967 bits per heavy atom. The lowest BCUT2D eigenvalue weighted by molar-refractivity contribution is -0.123. The summed E-state index contributed by atoms with van der Waals surface area (Å²) in [6, 6.07) is 22.8. The Bertz CT molecular complexity index is 1110. The van der Waals surface area contributed by atoms with Crippen molar-refractivity contribution in [3.63, 3.8) is 0 Å². The van der Waals surface area contributed by atoms with Gasteiger partial charge in [-0.1, -0.05) is 48.5 Å². The van der Waals surface area contributed by atoms with E-state index in [1.807, 2.05) is 72.8 Å². The highest BCUT2D eigenvalue weighted by Crippen LogP contribution is 2.24. The second-order valence-electron chi connectivity index (χ2n) is 7.38. The van der Waals surface area contributed by atoms with Crippen molar-refractivity contribution in [2.75, 3.05) is 0 Å². The van der Waals surface area contributed by atoms with Gasteiger partial charge in [-0.15, -0.1) is 0 Å². The van der Waals surface area contributed by atoms with Crippen molar-refractivity contribution >= 4 is 16.9 Å². The number of amides is 1. The number of rotatable bonds is 5. The van der Waals surface area contributed by atoms with Gasteiger partial charge in [-0.05, 0) is 36.2 Å². The third kappa shape index (κ3) is 3.68. The van der Waals surface area contributed by atoms with Gasteiger partial charge in [0.2, 0.25) is 5.91 Å². The van der Waals surface area contributed by atoms with Gasteiger partial charge in [-0.25, -0.2) is 15.8 Å². The molecule has 1 aliphatic heterocycles. The summed E-state index contributed by atoms with van der Waals surface area (Å²) in [6.45, 7) is 0. The normalized spacial score (nSPS) is 19.6. The Labute approximate surface area is 173 Å². The highest BCUT2D eigenvalue weighted by molar-refractivity contribution is 5.83. The fourth-order valence-electron chi connectivity index (χ4n) is 3.81. The largest absolute Gasteiger partial charge is 0.341 e. The van der Waals surface area contributed by atoms with Gasteiger partial charge in [0.05, 0.1) is 22.8 Å². The van der Waals surface area contributed by atoms with E-state index in [0.717, 1.165) is 22.3 Å². The van der Waals surface area contributed by atoms with Crippen molar-refractivity contribution in [1.29, 1.82) is 0 Å². The predicted octanol–water partition coefficient (Wildman–Crippen LogP) is 2.77. The molecule has 1 saturated heterocycles. The quantitative estimate of drug-likeness (QED) is 0.415. The predicted molar refractivity (Wildman–Crippen MR) is 114 cm³/mol. The minimum absolute atomic E-state index is 0.0108. The first kappa shape index (κ1) is 18.5. The summed E-state index contributed by atoms with van der Waals surface area (Å²) in [7, 11) is 0. The number of nitrogens with one attached hydrogen (secondary N) is 4. The molecular formula is C23H22N6O. The van der Waals surface area contributed by atoms with E-state index in [1.54, 1.807) is 6.20 Å². The Kier molecular flexibility index (Phi) is 4.96. The average molecular weight is 398 g/mol. The smallest absolute Gasteiger partial charge is 0.239 e. The van der Waals surface area contributed by atoms with Crippen LogP contribution in [0.15, 0.2) is 79.0 Å². The van der Waals surface area contributed by atoms with E-state index >= 15 is 0 Å². The molecule has 2 unspecified atom stereocenters. The van der Waals surface area contributed by atoms with Crippen LogP contribution in [0.1, 0.15) is 35.6 Å². The number of hydrogen-bond donors (Lipinski definition) is 4. The average Bonchev–Trinajstić information content (AvgIpc) is 3.46. The van der Waals surface area contributed by atoms with Crippen LogP contribution in [-0.2, 0) is 4.79 Å². The highest BCUT2D eigenvalue weighted by atomic mass is 16.2. The lowest BCUT2D eigenvalue weighted by Gasteiger charge is -2.19. The number of aromatic amines is 1. The van der Waals surface area contributed by atoms with Gasteiger partial charge in [-0.3, -0.25) is 9.78 Å². The maximum atomic E-state index is 13.1. The van der Waals surface area contributed by atoms with Crippen LogP contribution in [0.5, 0.6) is 0 Å². The molecule has 4 aromatic rings. The monoisotopic (exact) mass is 398 g/mol. The van der Waals surface area contributed by atoms with Crippen molar-refractivity contribution in [3.8, 4) is 0 Å². The first-order chi connectivity index (χ1) is 14.8. The third-order valence-electron chi connectivity index (χ3n) is 5.37. The minimum Gasteiger partial charge on any atom is -0.341 e. The van der Waals surface area contributed by atoms with Gasteiger partial charge in [0.1, 0.15) is 17.9 Å². The summed E-state index contributed by atoms with van der Waals surface area (Å²) in [4.78, 5) is 25.6. The molecule has 0 saturated carbocycles. The second kappa shape index (κ2) is 8.06. The molecule has 30 heavy (non-hydrogen) atoms. The first-order valence-electron chi connectivity index (χ1n) is 10.00. The Morgan fingerprint density at radius 3 is 2.57 bits per heavy atom. The van der Waals surface area contributed by atoms with E-state index in [2.05, 4.69) is 26.1 Å². The van der Waals surface area contributed by atoms with Gasteiger partial charge >= 0.3 is 0 Å². The van der Waals surface area contributed by atoms with Crippen molar-refractivity contribution in [1.82, 2.24) is 31.1 Å². The SMILES string of the molecule is O=C(N[C@H](c1ccccc1)c1nc2ccccc2[nH]1)C1CC(c2ccccn2)NN1. The molecule has 3 atom stereocenters. The van der Waals surface area contributed by atoms with Gasteiger partial charge < -0.3 is 10.3 Å². The second-order valence-corrected chi connectivity index (χ2v) is 7.38. The van der Waals surface area contributed by atoms with Crippen LogP contribution in [0.4, 0.5) is 0 Å². The number of nitrogens with zero attached hydrogens (tertiary/aromatic N) is 2. The number of H-pyrrole nitrogens is 1. The van der Waals surface area contributed by atoms with E-state index in [0.29, 0.717) is 12.2 Å². The number of carbonyl (C=O) groups is 1. The zero-order valence-corrected chi connectivity index (χ0v) is 16.2. The van der Waals surface area contributed by atoms with Crippen molar-refractivity contribution < 1.29 is 4.79 Å². The van der Waals surface area contributed by atoms with Crippen LogP contribution in [0, 0.1) is 0 Å². The number of imidazole rings is 1. The van der Waals surface area contributed by atoms with Gasteiger partial charge in [0.25, 0.3) is 0 Å². The number of para-hydroxylation sites is 2. The van der Waals surface area contributed by atoms with Crippen LogP contribution < -0.4 is 16.2 Å². The maximum absolute atomic E-state index is 13.1. The van der Waals surface area contributed by atoms with Crippen LogP contribution in [-0.4, -0.2) is 26.9 Å². The van der Waals surface area contributed by atoms with Crippen LogP contribution >= 0.6 is 0 Å². The van der Waals surface area contributed by atoms with Crippen LogP contribution in [0.2, 0.25) is 0 Å². The van der Waals surface area contributed by atoms with Gasteiger partial charge in [0.15, 0.2) is 0 Å². The van der Waals surface area contributed by atoms with Crippen LogP contribution in [0.25, 0.3) is 11.0 Å². The molecular weight excluding hydrogens is 376 g/mol. The standard InChI is InChI=1S/C23H22N6O/c30-23(20-14-19(28-29-20)16-10-6-7-13-24-16)27-21(15-8-2-1-3-9-15)22-25-17-11-4-5-12-18(17)26-22/h1-13,19-21,28-29H,14H2,(H,25,26)(H,27,30)/t19?,20?,21-/m1/s1. The summed E-state index contributed by atoms with van der Waals surface area (Å²) in [5.41, 5.74) is 9.99. The van der Waals surface area contributed by atoms with Gasteiger partial charge in [-0.2, -0.15) is 0 Å². The Morgan fingerprint density at radius 2 is 1.77 bits per heavy atom. The number of aromatic nitrogens is 3. The number of hydrogen-bond acceptors (Lipinski definition) is 5. The molecule has 150 valence electrons. The van der Waals surface area contributed by atoms with Crippen molar-refractivity contribution in [2.45, 2.75) is 24.5 Å². The van der Waals surface area contributed by atoms with E-state index in [1.165, 1.54) is 0 Å². The van der Waals surface area contributed by atoms with E-state index in [4.69, 9.17) is 4.98 Å². The molecule has 1 aliphatic rings. The molecule has 3 heterocycles. The molecule has 0 bridgehead atoms. The summed E-state index contributed by atoms with van der Waals surface area (Å²) >= 11 is 0. The summed E-state index contributed by atoms with van der Waals surface area (Å²) in [6.07, 6.45) is 2.38. The fraction of sp³-hybridized carbons (Fsp3) is 0.174.